The Kier molecular flexibility index (Phi) is 4.00. The first-order valence-corrected chi connectivity index (χ1v) is 7.53. The van der Waals surface area contributed by atoms with Gasteiger partial charge in [0.1, 0.15) is 5.82 Å². The minimum Gasteiger partial charge on any atom is -0.361 e. The van der Waals surface area contributed by atoms with E-state index in [2.05, 4.69) is 53.4 Å². The van der Waals surface area contributed by atoms with Crippen LogP contribution in [0.25, 0.3) is 10.9 Å². The molecule has 3 rings (SSSR count). The summed E-state index contributed by atoms with van der Waals surface area (Å²) in [5.74, 6) is 0.879. The van der Waals surface area contributed by atoms with Crippen molar-refractivity contribution in [1.29, 1.82) is 0 Å². The van der Waals surface area contributed by atoms with Gasteiger partial charge in [0.25, 0.3) is 0 Å². The molecule has 2 heterocycles. The van der Waals surface area contributed by atoms with Gasteiger partial charge in [-0.05, 0) is 43.8 Å². The number of H-pyrrole nitrogens is 1. The second-order valence-corrected chi connectivity index (χ2v) is 6.05. The lowest BCUT2D eigenvalue weighted by atomic mass is 10.0. The molecule has 0 radical (unpaired) electrons. The summed E-state index contributed by atoms with van der Waals surface area (Å²) in [6.45, 7) is 1.03. The van der Waals surface area contributed by atoms with Gasteiger partial charge in [0.15, 0.2) is 0 Å². The average Bonchev–Trinajstić information content (AvgIpc) is 3.09. The smallest absolute Gasteiger partial charge is 0.129 e. The predicted molar refractivity (Wildman–Crippen MR) is 89.8 cm³/mol. The molecule has 3 N–H and O–H groups in total. The molecule has 5 nitrogen and oxygen atoms in total. The molecule has 1 unspecified atom stereocenters. The highest BCUT2D eigenvalue weighted by atomic mass is 15.1. The van der Waals surface area contributed by atoms with E-state index in [4.69, 9.17) is 5.73 Å². The number of nitrogens with two attached hydrogens (primary N) is 1. The number of aromatic nitrogens is 3. The van der Waals surface area contributed by atoms with Crippen LogP contribution in [0.1, 0.15) is 23.0 Å². The number of fused-ring (bicyclic) bond motifs is 1. The molecule has 2 aromatic heterocycles. The zero-order valence-corrected chi connectivity index (χ0v) is 13.4. The number of hydrogen-bond acceptors (Lipinski definition) is 3. The molecule has 0 fully saturated rings. The number of aromatic amines is 1. The van der Waals surface area contributed by atoms with Crippen molar-refractivity contribution in [2.75, 3.05) is 20.6 Å². The summed E-state index contributed by atoms with van der Waals surface area (Å²) >= 11 is 0. The number of hydrogen-bond donors (Lipinski definition) is 2. The minimum atomic E-state index is -0.207. The van der Waals surface area contributed by atoms with Gasteiger partial charge in [0.05, 0.1) is 6.04 Å². The molecule has 1 aromatic carbocycles. The number of aryl methyl sites for hydroxylation is 1. The SMILES string of the molecule is CN(C)CCc1c[nH]c2ccc(C(N)c3nccn3C)cc12. The Bertz CT molecular complexity index is 768. The lowest BCUT2D eigenvalue weighted by molar-refractivity contribution is 0.414. The van der Waals surface area contributed by atoms with Crippen molar-refractivity contribution in [3.63, 3.8) is 0 Å². The Balaban J connectivity index is 1.94. The van der Waals surface area contributed by atoms with E-state index in [9.17, 15) is 0 Å². The third-order valence-electron chi connectivity index (χ3n) is 4.12. The van der Waals surface area contributed by atoms with Crippen LogP contribution < -0.4 is 5.73 Å². The molecular weight excluding hydrogens is 274 g/mol. The van der Waals surface area contributed by atoms with E-state index < -0.39 is 0 Å². The van der Waals surface area contributed by atoms with Gasteiger partial charge < -0.3 is 20.2 Å². The molecular formula is C17H23N5. The number of nitrogens with one attached hydrogen (secondary N) is 1. The van der Waals surface area contributed by atoms with E-state index in [1.807, 2.05) is 17.8 Å². The van der Waals surface area contributed by atoms with Crippen molar-refractivity contribution in [3.8, 4) is 0 Å². The van der Waals surface area contributed by atoms with Crippen LogP contribution in [0.4, 0.5) is 0 Å². The zero-order valence-electron chi connectivity index (χ0n) is 13.4. The second kappa shape index (κ2) is 5.94. The van der Waals surface area contributed by atoms with Gasteiger partial charge in [-0.2, -0.15) is 0 Å². The maximum Gasteiger partial charge on any atom is 0.129 e. The topological polar surface area (TPSA) is 62.9 Å². The van der Waals surface area contributed by atoms with Gasteiger partial charge in [0, 0.05) is 43.1 Å². The molecule has 0 spiro atoms. The Morgan fingerprint density at radius 1 is 1.36 bits per heavy atom. The van der Waals surface area contributed by atoms with Crippen molar-refractivity contribution in [2.45, 2.75) is 12.5 Å². The van der Waals surface area contributed by atoms with Crippen molar-refractivity contribution in [2.24, 2.45) is 12.8 Å². The molecule has 0 saturated carbocycles. The van der Waals surface area contributed by atoms with Crippen molar-refractivity contribution >= 4 is 10.9 Å². The molecule has 0 amide bonds. The van der Waals surface area contributed by atoms with Crippen LogP contribution in [0.2, 0.25) is 0 Å². The Hall–Kier alpha value is -2.11. The van der Waals surface area contributed by atoms with Gasteiger partial charge in [-0.15, -0.1) is 0 Å². The zero-order chi connectivity index (χ0) is 15.7. The highest BCUT2D eigenvalue weighted by molar-refractivity contribution is 5.84. The van der Waals surface area contributed by atoms with E-state index in [1.54, 1.807) is 6.20 Å². The van der Waals surface area contributed by atoms with Crippen LogP contribution in [0.5, 0.6) is 0 Å². The quantitative estimate of drug-likeness (QED) is 0.757. The molecule has 0 aliphatic heterocycles. The Morgan fingerprint density at radius 2 is 2.18 bits per heavy atom. The average molecular weight is 297 g/mol. The van der Waals surface area contributed by atoms with E-state index in [1.165, 1.54) is 10.9 Å². The largest absolute Gasteiger partial charge is 0.361 e. The molecule has 1 atom stereocenters. The number of rotatable bonds is 5. The molecule has 0 bridgehead atoms. The molecule has 22 heavy (non-hydrogen) atoms. The molecule has 116 valence electrons. The first-order valence-electron chi connectivity index (χ1n) is 7.53. The van der Waals surface area contributed by atoms with Crippen molar-refractivity contribution in [3.05, 3.63) is 53.7 Å². The van der Waals surface area contributed by atoms with E-state index in [0.29, 0.717) is 0 Å². The lowest BCUT2D eigenvalue weighted by Gasteiger charge is -2.13. The lowest BCUT2D eigenvalue weighted by Crippen LogP contribution is -2.16. The van der Waals surface area contributed by atoms with Crippen LogP contribution >= 0.6 is 0 Å². The van der Waals surface area contributed by atoms with Crippen LogP contribution in [0.15, 0.2) is 36.8 Å². The maximum atomic E-state index is 6.39. The van der Waals surface area contributed by atoms with Gasteiger partial charge in [0.2, 0.25) is 0 Å². The van der Waals surface area contributed by atoms with E-state index in [0.717, 1.165) is 29.9 Å². The number of benzene rings is 1. The summed E-state index contributed by atoms with van der Waals surface area (Å²) in [6.07, 6.45) is 6.83. The summed E-state index contributed by atoms with van der Waals surface area (Å²) in [6, 6.07) is 6.16. The third-order valence-corrected chi connectivity index (χ3v) is 4.12. The van der Waals surface area contributed by atoms with Crippen LogP contribution in [0, 0.1) is 0 Å². The normalized spacial score (nSPS) is 13.1. The van der Waals surface area contributed by atoms with Crippen LogP contribution in [-0.4, -0.2) is 40.1 Å². The van der Waals surface area contributed by atoms with Gasteiger partial charge >= 0.3 is 0 Å². The number of imidazole rings is 1. The summed E-state index contributed by atoms with van der Waals surface area (Å²) < 4.78 is 1.97. The first-order chi connectivity index (χ1) is 10.6. The fraction of sp³-hybridized carbons (Fsp3) is 0.353. The summed E-state index contributed by atoms with van der Waals surface area (Å²) in [7, 11) is 6.16. The standard InChI is InChI=1S/C17H23N5/c1-21(2)8-6-13-11-20-15-5-4-12(10-14(13)15)16(18)17-19-7-9-22(17)3/h4-5,7,9-11,16,20H,6,8,18H2,1-3H3. The predicted octanol–water partition coefficient (Wildman–Crippen LogP) is 2.05. The van der Waals surface area contributed by atoms with Gasteiger partial charge in [-0.3, -0.25) is 0 Å². The second-order valence-electron chi connectivity index (χ2n) is 6.05. The summed E-state index contributed by atoms with van der Waals surface area (Å²) in [4.78, 5) is 9.91. The Labute approximate surface area is 130 Å². The number of likely N-dealkylation sites (N-methyl/N-ethyl adjacent to an activating group) is 1. The first kappa shape index (κ1) is 14.8. The highest BCUT2D eigenvalue weighted by Crippen LogP contribution is 2.25. The highest BCUT2D eigenvalue weighted by Gasteiger charge is 2.15. The van der Waals surface area contributed by atoms with Gasteiger partial charge in [-0.25, -0.2) is 4.98 Å². The fourth-order valence-electron chi connectivity index (χ4n) is 2.77. The van der Waals surface area contributed by atoms with E-state index in [-0.39, 0.29) is 6.04 Å². The van der Waals surface area contributed by atoms with Crippen molar-refractivity contribution < 1.29 is 0 Å². The van der Waals surface area contributed by atoms with Crippen LogP contribution in [0.3, 0.4) is 0 Å². The molecule has 0 saturated heterocycles. The molecule has 0 aliphatic rings. The molecule has 0 aliphatic carbocycles. The van der Waals surface area contributed by atoms with Gasteiger partial charge in [-0.1, -0.05) is 6.07 Å². The van der Waals surface area contributed by atoms with Crippen LogP contribution in [-0.2, 0) is 13.5 Å². The summed E-state index contributed by atoms with van der Waals surface area (Å²) in [5, 5.41) is 1.25. The van der Waals surface area contributed by atoms with Crippen molar-refractivity contribution in [1.82, 2.24) is 19.4 Å². The third kappa shape index (κ3) is 2.77. The van der Waals surface area contributed by atoms with E-state index >= 15 is 0 Å². The monoisotopic (exact) mass is 297 g/mol. The molecule has 5 heteroatoms. The minimum absolute atomic E-state index is 0.207. The maximum absolute atomic E-state index is 6.39. The Morgan fingerprint density at radius 3 is 2.86 bits per heavy atom. The number of nitrogens with zero attached hydrogens (tertiary/aromatic N) is 3. The summed E-state index contributed by atoms with van der Waals surface area (Å²) in [5.41, 5.74) is 9.97. The fourth-order valence-corrected chi connectivity index (χ4v) is 2.77. The molecule has 3 aromatic rings.